The molecule has 0 saturated carbocycles. The number of nitrogens with zero attached hydrogens (tertiary/aromatic N) is 1. The minimum absolute atomic E-state index is 0.124. The molecule has 1 rings (SSSR count). The van der Waals surface area contributed by atoms with E-state index in [-0.39, 0.29) is 43.6 Å². The maximum Gasteiger partial charge on any atom is 0.306 e. The molecule has 2 amide bonds. The topological polar surface area (TPSA) is 101 Å². The number of hydrogen-bond acceptors (Lipinski definition) is 5. The van der Waals surface area contributed by atoms with E-state index in [1.165, 1.54) is 43.4 Å². The van der Waals surface area contributed by atoms with Crippen molar-refractivity contribution in [3.8, 4) is 0 Å². The Labute approximate surface area is 186 Å². The lowest BCUT2D eigenvalue weighted by atomic mass is 10.0. The third-order valence-electron chi connectivity index (χ3n) is 5.61. The summed E-state index contributed by atoms with van der Waals surface area (Å²) in [5.74, 6) is -1.35. The number of likely N-dealkylation sites (tertiary alicyclic amines) is 1. The first-order valence-electron chi connectivity index (χ1n) is 12.0. The highest BCUT2D eigenvalue weighted by atomic mass is 16.6. The number of aliphatic carboxylic acids is 1. The van der Waals surface area contributed by atoms with Crippen LogP contribution < -0.4 is 0 Å². The second kappa shape index (κ2) is 15.0. The molecule has 0 aromatic rings. The Morgan fingerprint density at radius 3 is 1.58 bits per heavy atom. The van der Waals surface area contributed by atoms with E-state index < -0.39 is 11.6 Å². The summed E-state index contributed by atoms with van der Waals surface area (Å²) in [5.41, 5.74) is -0.858. The summed E-state index contributed by atoms with van der Waals surface area (Å²) in [7, 11) is 0. The lowest BCUT2D eigenvalue weighted by Crippen LogP contribution is -2.44. The van der Waals surface area contributed by atoms with Crippen molar-refractivity contribution in [3.63, 3.8) is 0 Å². The fourth-order valence-electron chi connectivity index (χ4n) is 3.88. The van der Waals surface area contributed by atoms with Crippen molar-refractivity contribution in [2.24, 2.45) is 0 Å². The van der Waals surface area contributed by atoms with Crippen LogP contribution in [0.15, 0.2) is 0 Å². The molecular weight excluding hydrogens is 398 g/mol. The normalized spacial score (nSPS) is 14.3. The first-order valence-corrected chi connectivity index (χ1v) is 12.0. The molecule has 0 bridgehead atoms. The van der Waals surface area contributed by atoms with Gasteiger partial charge in [0, 0.05) is 25.7 Å². The van der Waals surface area contributed by atoms with Crippen LogP contribution in [0.1, 0.15) is 117 Å². The molecule has 0 aromatic heterocycles. The van der Waals surface area contributed by atoms with E-state index in [4.69, 9.17) is 9.84 Å². The molecule has 0 atom stereocenters. The van der Waals surface area contributed by atoms with Gasteiger partial charge in [-0.25, -0.2) is 0 Å². The third-order valence-corrected chi connectivity index (χ3v) is 5.61. The molecule has 0 aliphatic carbocycles. The Morgan fingerprint density at radius 2 is 1.16 bits per heavy atom. The van der Waals surface area contributed by atoms with E-state index >= 15 is 0 Å². The quantitative estimate of drug-likeness (QED) is 0.183. The molecule has 1 saturated heterocycles. The number of hydrogen-bond donors (Lipinski definition) is 1. The molecule has 1 aliphatic rings. The van der Waals surface area contributed by atoms with Crippen molar-refractivity contribution >= 4 is 23.8 Å². The van der Waals surface area contributed by atoms with Gasteiger partial charge < -0.3 is 9.84 Å². The smallest absolute Gasteiger partial charge is 0.306 e. The lowest BCUT2D eigenvalue weighted by molar-refractivity contribution is -0.162. The van der Waals surface area contributed by atoms with Crippen molar-refractivity contribution < 1.29 is 29.0 Å². The predicted octanol–water partition coefficient (Wildman–Crippen LogP) is 5.00. The molecule has 7 nitrogen and oxygen atoms in total. The number of imide groups is 1. The van der Waals surface area contributed by atoms with Gasteiger partial charge in [0.2, 0.25) is 11.8 Å². The van der Waals surface area contributed by atoms with Crippen LogP contribution in [0.5, 0.6) is 0 Å². The van der Waals surface area contributed by atoms with E-state index in [2.05, 4.69) is 0 Å². The summed E-state index contributed by atoms with van der Waals surface area (Å²) in [6, 6.07) is 0. The average Bonchev–Trinajstić information content (AvgIpc) is 2.99. The van der Waals surface area contributed by atoms with Crippen LogP contribution in [0.25, 0.3) is 0 Å². The van der Waals surface area contributed by atoms with Crippen LogP contribution in [0.3, 0.4) is 0 Å². The summed E-state index contributed by atoms with van der Waals surface area (Å²) < 4.78 is 5.50. The summed E-state index contributed by atoms with van der Waals surface area (Å²) in [6.45, 7) is 3.60. The van der Waals surface area contributed by atoms with Gasteiger partial charge >= 0.3 is 11.9 Å². The molecule has 1 aliphatic heterocycles. The van der Waals surface area contributed by atoms with Crippen LogP contribution in [-0.2, 0) is 23.9 Å². The van der Waals surface area contributed by atoms with Gasteiger partial charge in [0.05, 0.1) is 6.54 Å². The van der Waals surface area contributed by atoms with Crippen LogP contribution >= 0.6 is 0 Å². The first-order chi connectivity index (χ1) is 14.7. The van der Waals surface area contributed by atoms with E-state index in [0.29, 0.717) is 6.42 Å². The minimum atomic E-state index is -0.858. The zero-order chi connectivity index (χ0) is 23.1. The maximum atomic E-state index is 12.1. The van der Waals surface area contributed by atoms with Gasteiger partial charge in [0.25, 0.3) is 0 Å². The number of unbranched alkanes of at least 4 members (excludes halogenated alkanes) is 11. The van der Waals surface area contributed by atoms with Crippen LogP contribution in [-0.4, -0.2) is 45.9 Å². The molecule has 0 aromatic carbocycles. The molecule has 7 heteroatoms. The fourth-order valence-corrected chi connectivity index (χ4v) is 3.88. The van der Waals surface area contributed by atoms with Gasteiger partial charge in [-0.2, -0.15) is 0 Å². The minimum Gasteiger partial charge on any atom is -0.481 e. The van der Waals surface area contributed by atoms with Crippen molar-refractivity contribution in [2.45, 2.75) is 122 Å². The standard InChI is InChI=1S/C24H41NO6/c1-24(2,19-25-20(26)17-18-21(25)27)31-23(30)16-14-12-10-8-6-4-3-5-7-9-11-13-15-22(28)29/h3-19H2,1-2H3,(H,28,29). The van der Waals surface area contributed by atoms with Crippen LogP contribution in [0.4, 0.5) is 0 Å². The molecule has 0 spiro atoms. The lowest BCUT2D eigenvalue weighted by Gasteiger charge is -2.29. The molecule has 178 valence electrons. The van der Waals surface area contributed by atoms with E-state index in [1.54, 1.807) is 13.8 Å². The number of amides is 2. The number of carbonyl (C=O) groups excluding carboxylic acids is 3. The van der Waals surface area contributed by atoms with Crippen LogP contribution in [0.2, 0.25) is 0 Å². The predicted molar refractivity (Wildman–Crippen MR) is 118 cm³/mol. The fraction of sp³-hybridized carbons (Fsp3) is 0.833. The average molecular weight is 440 g/mol. The first kappa shape index (κ1) is 27.1. The Kier molecular flexibility index (Phi) is 13.1. The second-order valence-electron chi connectivity index (χ2n) is 9.24. The summed E-state index contributed by atoms with van der Waals surface area (Å²) >= 11 is 0. The summed E-state index contributed by atoms with van der Waals surface area (Å²) in [5, 5.41) is 8.58. The van der Waals surface area contributed by atoms with Gasteiger partial charge in [-0.3, -0.25) is 24.1 Å². The molecule has 1 N–H and O–H groups in total. The zero-order valence-electron chi connectivity index (χ0n) is 19.5. The highest BCUT2D eigenvalue weighted by molar-refractivity contribution is 6.02. The number of esters is 1. The molecule has 1 heterocycles. The number of rotatable bonds is 18. The molecule has 0 radical (unpaired) electrons. The Morgan fingerprint density at radius 1 is 0.774 bits per heavy atom. The van der Waals surface area contributed by atoms with Crippen molar-refractivity contribution in [1.29, 1.82) is 0 Å². The maximum absolute atomic E-state index is 12.1. The van der Waals surface area contributed by atoms with E-state index in [9.17, 15) is 19.2 Å². The molecular formula is C24H41NO6. The van der Waals surface area contributed by atoms with Gasteiger partial charge in [0.1, 0.15) is 5.60 Å². The molecule has 31 heavy (non-hydrogen) atoms. The number of carboxylic acids is 1. The number of carboxylic acid groups (broad SMARTS) is 1. The Bertz CT molecular complexity index is 571. The van der Waals surface area contributed by atoms with Gasteiger partial charge in [-0.1, -0.05) is 64.2 Å². The summed E-state index contributed by atoms with van der Waals surface area (Å²) in [6.07, 6.45) is 14.3. The highest BCUT2D eigenvalue weighted by Gasteiger charge is 2.35. The van der Waals surface area contributed by atoms with Crippen molar-refractivity contribution in [2.75, 3.05) is 6.54 Å². The van der Waals surface area contributed by atoms with E-state index in [0.717, 1.165) is 38.5 Å². The SMILES string of the molecule is CC(C)(CN1C(=O)CCC1=O)OC(=O)CCCCCCCCCCCCCCC(=O)O. The number of ether oxygens (including phenoxy) is 1. The number of carbonyl (C=O) groups is 4. The Hall–Kier alpha value is -1.92. The third kappa shape index (κ3) is 13.2. The van der Waals surface area contributed by atoms with Crippen LogP contribution in [0, 0.1) is 0 Å². The van der Waals surface area contributed by atoms with Crippen molar-refractivity contribution in [3.05, 3.63) is 0 Å². The molecule has 0 unspecified atom stereocenters. The largest absolute Gasteiger partial charge is 0.481 e. The zero-order valence-corrected chi connectivity index (χ0v) is 19.5. The van der Waals surface area contributed by atoms with Crippen molar-refractivity contribution in [1.82, 2.24) is 4.90 Å². The van der Waals surface area contributed by atoms with Gasteiger partial charge in [0.15, 0.2) is 0 Å². The Balaban J connectivity index is 1.94. The van der Waals surface area contributed by atoms with Gasteiger partial charge in [-0.05, 0) is 26.7 Å². The summed E-state index contributed by atoms with van der Waals surface area (Å²) in [4.78, 5) is 47.2. The highest BCUT2D eigenvalue weighted by Crippen LogP contribution is 2.20. The molecule has 1 fully saturated rings. The monoisotopic (exact) mass is 439 g/mol. The van der Waals surface area contributed by atoms with E-state index in [1.807, 2.05) is 0 Å². The van der Waals surface area contributed by atoms with Gasteiger partial charge in [-0.15, -0.1) is 0 Å². The second-order valence-corrected chi connectivity index (χ2v) is 9.24.